The molecule has 1 unspecified atom stereocenters. The Morgan fingerprint density at radius 3 is 2.68 bits per heavy atom. The third-order valence-electron chi connectivity index (χ3n) is 3.16. The lowest BCUT2D eigenvalue weighted by Crippen LogP contribution is -2.12. The summed E-state index contributed by atoms with van der Waals surface area (Å²) >= 11 is 0. The number of aliphatic carboxylic acids is 1. The van der Waals surface area contributed by atoms with E-state index in [1.165, 1.54) is 0 Å². The number of aromatic nitrogens is 2. The molecular weight excluding hydrogens is 240 g/mol. The highest BCUT2D eigenvalue weighted by Crippen LogP contribution is 2.18. The van der Waals surface area contributed by atoms with Gasteiger partial charge in [-0.05, 0) is 30.0 Å². The Morgan fingerprint density at radius 1 is 1.32 bits per heavy atom. The molecule has 0 aliphatic carbocycles. The van der Waals surface area contributed by atoms with Crippen LogP contribution in [0.1, 0.15) is 32.2 Å². The molecule has 0 bridgehead atoms. The van der Waals surface area contributed by atoms with Gasteiger partial charge in [0.1, 0.15) is 5.82 Å². The Kier molecular flexibility index (Phi) is 3.88. The first-order valence-corrected chi connectivity index (χ1v) is 6.66. The predicted octanol–water partition coefficient (Wildman–Crippen LogP) is 3.02. The number of carboxylic acids is 1. The van der Waals surface area contributed by atoms with Gasteiger partial charge in [0.25, 0.3) is 0 Å². The maximum atomic E-state index is 10.9. The van der Waals surface area contributed by atoms with Crippen LogP contribution < -0.4 is 0 Å². The normalized spacial score (nSPS) is 13.1. The lowest BCUT2D eigenvalue weighted by molar-refractivity contribution is -0.141. The fraction of sp³-hybridized carbons (Fsp3) is 0.467. The van der Waals surface area contributed by atoms with E-state index in [9.17, 15) is 4.79 Å². The molecule has 2 N–H and O–H groups in total. The number of nitrogens with one attached hydrogen (secondary N) is 1. The van der Waals surface area contributed by atoms with Crippen molar-refractivity contribution in [1.29, 1.82) is 0 Å². The zero-order valence-corrected chi connectivity index (χ0v) is 11.6. The molecule has 4 nitrogen and oxygen atoms in total. The summed E-state index contributed by atoms with van der Waals surface area (Å²) in [4.78, 5) is 18.7. The first-order valence-electron chi connectivity index (χ1n) is 6.66. The SMILES string of the molecule is CC(C)Cc1nc2ccc(CC(C)C(=O)O)cc2[nH]1. The summed E-state index contributed by atoms with van der Waals surface area (Å²) < 4.78 is 0. The number of hydrogen-bond acceptors (Lipinski definition) is 2. The van der Waals surface area contributed by atoms with E-state index in [1.54, 1.807) is 6.92 Å². The Labute approximate surface area is 112 Å². The maximum Gasteiger partial charge on any atom is 0.306 e. The average Bonchev–Trinajstić information content (AvgIpc) is 2.69. The number of carboxylic acid groups (broad SMARTS) is 1. The van der Waals surface area contributed by atoms with Gasteiger partial charge in [-0.2, -0.15) is 0 Å². The lowest BCUT2D eigenvalue weighted by atomic mass is 10.0. The number of carbonyl (C=O) groups is 1. The number of rotatable bonds is 5. The summed E-state index contributed by atoms with van der Waals surface area (Å²) in [5.74, 6) is 0.432. The Morgan fingerprint density at radius 2 is 2.05 bits per heavy atom. The summed E-state index contributed by atoms with van der Waals surface area (Å²) in [7, 11) is 0. The smallest absolute Gasteiger partial charge is 0.306 e. The van der Waals surface area contributed by atoms with E-state index in [0.29, 0.717) is 12.3 Å². The monoisotopic (exact) mass is 260 g/mol. The number of aromatic amines is 1. The summed E-state index contributed by atoms with van der Waals surface area (Å²) in [5, 5.41) is 8.94. The molecule has 1 aromatic carbocycles. The summed E-state index contributed by atoms with van der Waals surface area (Å²) in [5.41, 5.74) is 2.97. The van der Waals surface area contributed by atoms with Crippen LogP contribution in [0.15, 0.2) is 18.2 Å². The van der Waals surface area contributed by atoms with Crippen molar-refractivity contribution in [3.63, 3.8) is 0 Å². The van der Waals surface area contributed by atoms with Crippen molar-refractivity contribution in [3.8, 4) is 0 Å². The molecule has 0 amide bonds. The molecule has 19 heavy (non-hydrogen) atoms. The van der Waals surface area contributed by atoms with E-state index in [2.05, 4.69) is 23.8 Å². The van der Waals surface area contributed by atoms with Gasteiger partial charge in [-0.25, -0.2) is 4.98 Å². The second-order valence-corrected chi connectivity index (χ2v) is 5.58. The van der Waals surface area contributed by atoms with Crippen molar-refractivity contribution in [1.82, 2.24) is 9.97 Å². The van der Waals surface area contributed by atoms with Gasteiger partial charge in [-0.3, -0.25) is 4.79 Å². The van der Waals surface area contributed by atoms with Crippen LogP contribution in [0, 0.1) is 11.8 Å². The standard InChI is InChI=1S/C15H20N2O2/c1-9(2)6-14-16-12-5-4-11(8-13(12)17-14)7-10(3)15(18)19/h4-5,8-10H,6-7H2,1-3H3,(H,16,17)(H,18,19). The lowest BCUT2D eigenvalue weighted by Gasteiger charge is -2.05. The van der Waals surface area contributed by atoms with Crippen LogP contribution in [0.2, 0.25) is 0 Å². The molecule has 0 saturated heterocycles. The van der Waals surface area contributed by atoms with Crippen molar-refractivity contribution in [2.24, 2.45) is 11.8 Å². The Bertz CT molecular complexity index is 587. The van der Waals surface area contributed by atoms with Gasteiger partial charge >= 0.3 is 5.97 Å². The molecule has 4 heteroatoms. The second kappa shape index (κ2) is 5.43. The van der Waals surface area contributed by atoms with E-state index in [4.69, 9.17) is 5.11 Å². The van der Waals surface area contributed by atoms with E-state index in [0.717, 1.165) is 28.8 Å². The van der Waals surface area contributed by atoms with Crippen molar-refractivity contribution in [2.75, 3.05) is 0 Å². The quantitative estimate of drug-likeness (QED) is 0.868. The van der Waals surface area contributed by atoms with Crippen molar-refractivity contribution >= 4 is 17.0 Å². The molecule has 1 atom stereocenters. The number of H-pyrrole nitrogens is 1. The first kappa shape index (κ1) is 13.6. The van der Waals surface area contributed by atoms with Crippen LogP contribution in [0.5, 0.6) is 0 Å². The van der Waals surface area contributed by atoms with Crippen LogP contribution in [0.4, 0.5) is 0 Å². The molecule has 0 spiro atoms. The summed E-state index contributed by atoms with van der Waals surface area (Å²) in [6, 6.07) is 5.92. The van der Waals surface area contributed by atoms with Gasteiger partial charge in [0.15, 0.2) is 0 Å². The largest absolute Gasteiger partial charge is 0.481 e. The Hall–Kier alpha value is -1.84. The second-order valence-electron chi connectivity index (χ2n) is 5.58. The van der Waals surface area contributed by atoms with Crippen LogP contribution in [-0.4, -0.2) is 21.0 Å². The molecule has 0 aliphatic rings. The minimum Gasteiger partial charge on any atom is -0.481 e. The van der Waals surface area contributed by atoms with Gasteiger partial charge in [0.2, 0.25) is 0 Å². The first-order chi connectivity index (χ1) is 8.95. The molecule has 0 saturated carbocycles. The van der Waals surface area contributed by atoms with Crippen LogP contribution in [0.25, 0.3) is 11.0 Å². The van der Waals surface area contributed by atoms with E-state index >= 15 is 0 Å². The van der Waals surface area contributed by atoms with Crippen LogP contribution in [-0.2, 0) is 17.6 Å². The summed E-state index contributed by atoms with van der Waals surface area (Å²) in [6.45, 7) is 6.05. The van der Waals surface area contributed by atoms with Gasteiger partial charge < -0.3 is 10.1 Å². The third-order valence-corrected chi connectivity index (χ3v) is 3.16. The topological polar surface area (TPSA) is 66.0 Å². The number of fused-ring (bicyclic) bond motifs is 1. The highest BCUT2D eigenvalue weighted by atomic mass is 16.4. The van der Waals surface area contributed by atoms with Crippen molar-refractivity contribution in [3.05, 3.63) is 29.6 Å². The molecule has 1 heterocycles. The van der Waals surface area contributed by atoms with E-state index < -0.39 is 5.97 Å². The molecule has 0 fully saturated rings. The predicted molar refractivity (Wildman–Crippen MR) is 75.1 cm³/mol. The van der Waals surface area contributed by atoms with Crippen LogP contribution >= 0.6 is 0 Å². The maximum absolute atomic E-state index is 10.9. The van der Waals surface area contributed by atoms with E-state index in [1.807, 2.05) is 18.2 Å². The number of nitrogens with zero attached hydrogens (tertiary/aromatic N) is 1. The molecule has 102 valence electrons. The third kappa shape index (κ3) is 3.34. The van der Waals surface area contributed by atoms with Gasteiger partial charge in [-0.15, -0.1) is 0 Å². The fourth-order valence-corrected chi connectivity index (χ4v) is 2.16. The molecule has 2 aromatic rings. The molecule has 0 aliphatic heterocycles. The highest BCUT2D eigenvalue weighted by molar-refractivity contribution is 5.76. The zero-order valence-electron chi connectivity index (χ0n) is 11.6. The van der Waals surface area contributed by atoms with Crippen molar-refractivity contribution < 1.29 is 9.90 Å². The zero-order chi connectivity index (χ0) is 14.0. The minimum atomic E-state index is -0.759. The average molecular weight is 260 g/mol. The number of benzene rings is 1. The molecule has 0 radical (unpaired) electrons. The fourth-order valence-electron chi connectivity index (χ4n) is 2.16. The Balaban J connectivity index is 2.22. The van der Waals surface area contributed by atoms with Crippen LogP contribution in [0.3, 0.4) is 0 Å². The highest BCUT2D eigenvalue weighted by Gasteiger charge is 2.12. The van der Waals surface area contributed by atoms with Gasteiger partial charge in [0.05, 0.1) is 17.0 Å². The van der Waals surface area contributed by atoms with Crippen molar-refractivity contribution in [2.45, 2.75) is 33.6 Å². The molecule has 1 aromatic heterocycles. The van der Waals surface area contributed by atoms with Gasteiger partial charge in [0, 0.05) is 6.42 Å². The minimum absolute atomic E-state index is 0.365. The molecular formula is C15H20N2O2. The summed E-state index contributed by atoms with van der Waals surface area (Å²) in [6.07, 6.45) is 1.47. The van der Waals surface area contributed by atoms with Gasteiger partial charge in [-0.1, -0.05) is 26.8 Å². The molecule has 2 rings (SSSR count). The number of hydrogen-bond donors (Lipinski definition) is 2. The number of imidazole rings is 1. The van der Waals surface area contributed by atoms with E-state index in [-0.39, 0.29) is 5.92 Å².